The number of hydrogen-bond acceptors (Lipinski definition) is 4. The zero-order valence-electron chi connectivity index (χ0n) is 13.6. The molecule has 23 heavy (non-hydrogen) atoms. The van der Waals surface area contributed by atoms with Gasteiger partial charge in [-0.1, -0.05) is 0 Å². The second kappa shape index (κ2) is 6.87. The lowest BCUT2D eigenvalue weighted by atomic mass is 10.1. The molecule has 0 aromatic carbocycles. The van der Waals surface area contributed by atoms with Crippen LogP contribution in [-0.2, 0) is 13.1 Å². The molecule has 3 rings (SSSR count). The van der Waals surface area contributed by atoms with Crippen molar-refractivity contribution < 1.29 is 9.21 Å². The van der Waals surface area contributed by atoms with E-state index in [0.717, 1.165) is 31.8 Å². The molecule has 1 atom stereocenters. The van der Waals surface area contributed by atoms with Crippen LogP contribution < -0.4 is 5.32 Å². The monoisotopic (exact) mass is 317 g/mol. The first-order chi connectivity index (χ1) is 11.1. The summed E-state index contributed by atoms with van der Waals surface area (Å²) in [5, 5.41) is 7.37. The van der Waals surface area contributed by atoms with E-state index in [1.165, 1.54) is 5.69 Å². The Morgan fingerprint density at radius 1 is 1.48 bits per heavy atom. The van der Waals surface area contributed by atoms with Crippen molar-refractivity contribution in [3.8, 4) is 0 Å². The summed E-state index contributed by atoms with van der Waals surface area (Å²) in [5.74, 6) is 0.970. The van der Waals surface area contributed by atoms with Gasteiger partial charge in [-0.05, 0) is 24.6 Å². The lowest BCUT2D eigenvalue weighted by Gasteiger charge is -2.33. The fourth-order valence-electron chi connectivity index (χ4n) is 2.93. The maximum absolute atomic E-state index is 11.6. The van der Waals surface area contributed by atoms with Crippen molar-refractivity contribution in [2.45, 2.75) is 25.6 Å². The number of carbonyl (C=O) groups excluding carboxylic acids is 1. The van der Waals surface area contributed by atoms with Crippen LogP contribution in [0.15, 0.2) is 35.1 Å². The molecule has 1 N–H and O–H groups in total. The van der Waals surface area contributed by atoms with E-state index in [1.807, 2.05) is 18.3 Å². The molecule has 1 aliphatic rings. The summed E-state index contributed by atoms with van der Waals surface area (Å²) in [4.78, 5) is 15.5. The number of hydrogen-bond donors (Lipinski definition) is 1. The summed E-state index contributed by atoms with van der Waals surface area (Å²) in [6.45, 7) is 3.18. The van der Waals surface area contributed by atoms with E-state index in [1.54, 1.807) is 25.3 Å². The highest BCUT2D eigenvalue weighted by Crippen LogP contribution is 2.24. The summed E-state index contributed by atoms with van der Waals surface area (Å²) in [6, 6.07) is 6.16. The lowest BCUT2D eigenvalue weighted by Crippen LogP contribution is -2.40. The first kappa shape index (κ1) is 15.6. The van der Waals surface area contributed by atoms with Gasteiger partial charge in [0.15, 0.2) is 0 Å². The van der Waals surface area contributed by atoms with E-state index < -0.39 is 0 Å². The van der Waals surface area contributed by atoms with Gasteiger partial charge >= 0.3 is 6.03 Å². The van der Waals surface area contributed by atoms with Crippen LogP contribution in [0, 0.1) is 0 Å². The molecule has 124 valence electrons. The highest BCUT2D eigenvalue weighted by molar-refractivity contribution is 5.73. The molecule has 0 saturated heterocycles. The highest BCUT2D eigenvalue weighted by Gasteiger charge is 2.25. The van der Waals surface area contributed by atoms with Crippen LogP contribution in [-0.4, -0.2) is 52.8 Å². The molecule has 2 amide bonds. The van der Waals surface area contributed by atoms with Crippen molar-refractivity contribution >= 4 is 6.03 Å². The molecule has 2 aromatic rings. The molecule has 3 heterocycles. The normalized spacial score (nSPS) is 17.7. The molecule has 0 saturated carbocycles. The quantitative estimate of drug-likeness (QED) is 0.911. The number of fused-ring (bicyclic) bond motifs is 1. The van der Waals surface area contributed by atoms with Gasteiger partial charge in [0, 0.05) is 39.9 Å². The highest BCUT2D eigenvalue weighted by atomic mass is 16.3. The molecule has 0 radical (unpaired) electrons. The Morgan fingerprint density at radius 2 is 2.35 bits per heavy atom. The van der Waals surface area contributed by atoms with E-state index in [9.17, 15) is 4.79 Å². The number of carbonyl (C=O) groups is 1. The molecule has 0 fully saturated rings. The van der Waals surface area contributed by atoms with E-state index in [4.69, 9.17) is 4.42 Å². The number of aromatic nitrogens is 2. The molecule has 0 unspecified atom stereocenters. The number of furan rings is 1. The third-order valence-corrected chi connectivity index (χ3v) is 4.07. The van der Waals surface area contributed by atoms with E-state index in [2.05, 4.69) is 26.1 Å². The van der Waals surface area contributed by atoms with Crippen molar-refractivity contribution in [2.75, 3.05) is 27.2 Å². The minimum Gasteiger partial charge on any atom is -0.468 e. The van der Waals surface area contributed by atoms with Gasteiger partial charge in [0.1, 0.15) is 5.76 Å². The summed E-state index contributed by atoms with van der Waals surface area (Å²) in [6.07, 6.45) is 4.40. The van der Waals surface area contributed by atoms with E-state index in [0.29, 0.717) is 6.54 Å². The number of urea groups is 1. The van der Waals surface area contributed by atoms with Gasteiger partial charge in [0.05, 0.1) is 24.5 Å². The van der Waals surface area contributed by atoms with Gasteiger partial charge in [-0.2, -0.15) is 5.10 Å². The first-order valence-corrected chi connectivity index (χ1v) is 7.86. The second-order valence-corrected chi connectivity index (χ2v) is 6.08. The molecule has 1 aliphatic heterocycles. The molecule has 7 nitrogen and oxygen atoms in total. The molecule has 0 spiro atoms. The van der Waals surface area contributed by atoms with Crippen LogP contribution in [0.1, 0.15) is 23.9 Å². The van der Waals surface area contributed by atoms with Gasteiger partial charge in [0.2, 0.25) is 0 Å². The topological polar surface area (TPSA) is 66.5 Å². The summed E-state index contributed by atoms with van der Waals surface area (Å²) < 4.78 is 7.54. The van der Waals surface area contributed by atoms with Crippen LogP contribution >= 0.6 is 0 Å². The fraction of sp³-hybridized carbons (Fsp3) is 0.500. The molecule has 0 aliphatic carbocycles. The van der Waals surface area contributed by atoms with Crippen LogP contribution in [0.3, 0.4) is 0 Å². The zero-order chi connectivity index (χ0) is 16.2. The molecular weight excluding hydrogens is 294 g/mol. The average molecular weight is 317 g/mol. The van der Waals surface area contributed by atoms with Gasteiger partial charge in [0.25, 0.3) is 0 Å². The van der Waals surface area contributed by atoms with Gasteiger partial charge in [-0.25, -0.2) is 4.79 Å². The Kier molecular flexibility index (Phi) is 4.66. The third kappa shape index (κ3) is 3.73. The molecule has 2 aromatic heterocycles. The van der Waals surface area contributed by atoms with Gasteiger partial charge < -0.3 is 14.6 Å². The molecular formula is C16H23N5O2. The Balaban J connectivity index is 1.61. The second-order valence-electron chi connectivity index (χ2n) is 6.08. The number of rotatable bonds is 5. The van der Waals surface area contributed by atoms with Crippen molar-refractivity contribution in [3.63, 3.8) is 0 Å². The minimum atomic E-state index is -0.0612. The van der Waals surface area contributed by atoms with Crippen LogP contribution in [0.4, 0.5) is 4.79 Å². The fourth-order valence-corrected chi connectivity index (χ4v) is 2.93. The minimum absolute atomic E-state index is 0.0612. The SMILES string of the molecule is CN(C)C(=O)NCC[C@@H]1CN(Cc2ccco2)Cc2ccnn21. The number of nitrogens with zero attached hydrogens (tertiary/aromatic N) is 4. The Bertz CT molecular complexity index is 635. The predicted molar refractivity (Wildman–Crippen MR) is 85.8 cm³/mol. The summed E-state index contributed by atoms with van der Waals surface area (Å²) >= 11 is 0. The molecule has 7 heteroatoms. The zero-order valence-corrected chi connectivity index (χ0v) is 13.6. The first-order valence-electron chi connectivity index (χ1n) is 7.86. The maximum atomic E-state index is 11.6. The Morgan fingerprint density at radius 3 is 3.09 bits per heavy atom. The van der Waals surface area contributed by atoms with Crippen molar-refractivity contribution in [2.24, 2.45) is 0 Å². The smallest absolute Gasteiger partial charge is 0.316 e. The standard InChI is InChI=1S/C16H23N5O2/c1-19(2)16(22)17-7-5-13-10-20(12-15-4-3-9-23-15)11-14-6-8-18-21(13)14/h3-4,6,8-9,13H,5,7,10-12H2,1-2H3,(H,17,22)/t13-/m1/s1. The summed E-state index contributed by atoms with van der Waals surface area (Å²) in [7, 11) is 3.49. The van der Waals surface area contributed by atoms with Crippen molar-refractivity contribution in [3.05, 3.63) is 42.1 Å². The summed E-state index contributed by atoms with van der Waals surface area (Å²) in [5.41, 5.74) is 1.20. The average Bonchev–Trinajstić information content (AvgIpc) is 3.18. The number of amides is 2. The van der Waals surface area contributed by atoms with Crippen molar-refractivity contribution in [1.29, 1.82) is 0 Å². The van der Waals surface area contributed by atoms with Crippen LogP contribution in [0.5, 0.6) is 0 Å². The Labute approximate surface area is 135 Å². The van der Waals surface area contributed by atoms with Crippen LogP contribution in [0.2, 0.25) is 0 Å². The largest absolute Gasteiger partial charge is 0.468 e. The number of nitrogens with one attached hydrogen (secondary N) is 1. The molecule has 0 bridgehead atoms. The van der Waals surface area contributed by atoms with Gasteiger partial charge in [-0.15, -0.1) is 0 Å². The van der Waals surface area contributed by atoms with Crippen LogP contribution in [0.25, 0.3) is 0 Å². The van der Waals surface area contributed by atoms with E-state index >= 15 is 0 Å². The third-order valence-electron chi connectivity index (χ3n) is 4.07. The van der Waals surface area contributed by atoms with E-state index in [-0.39, 0.29) is 12.1 Å². The van der Waals surface area contributed by atoms with Crippen molar-refractivity contribution in [1.82, 2.24) is 24.9 Å². The Hall–Kier alpha value is -2.28. The van der Waals surface area contributed by atoms with Gasteiger partial charge in [-0.3, -0.25) is 9.58 Å². The maximum Gasteiger partial charge on any atom is 0.316 e. The predicted octanol–water partition coefficient (Wildman–Crippen LogP) is 1.69. The lowest BCUT2D eigenvalue weighted by molar-refractivity contribution is 0.151.